The van der Waals surface area contributed by atoms with Crippen LogP contribution in [0.2, 0.25) is 0 Å². The predicted octanol–water partition coefficient (Wildman–Crippen LogP) is 1.98. The second kappa shape index (κ2) is 6.32. The molecule has 3 aliphatic rings. The van der Waals surface area contributed by atoms with E-state index >= 15 is 0 Å². The molecular formula is C18H25N3O2. The second-order valence-corrected chi connectivity index (χ2v) is 6.73. The van der Waals surface area contributed by atoms with Gasteiger partial charge >= 0.3 is 0 Å². The van der Waals surface area contributed by atoms with Crippen molar-refractivity contribution in [3.8, 4) is 0 Å². The number of hydrogen-bond donors (Lipinski definition) is 2. The third-order valence-corrected chi connectivity index (χ3v) is 4.93. The van der Waals surface area contributed by atoms with Crippen LogP contribution in [0.3, 0.4) is 0 Å². The topological polar surface area (TPSA) is 61.4 Å². The summed E-state index contributed by atoms with van der Waals surface area (Å²) in [5, 5.41) is 6.03. The van der Waals surface area contributed by atoms with Crippen LogP contribution < -0.4 is 10.6 Å². The first-order valence-electron chi connectivity index (χ1n) is 8.47. The molecule has 1 spiro atoms. The molecule has 2 N–H and O–H groups in total. The Kier molecular flexibility index (Phi) is 4.39. The molecule has 1 atom stereocenters. The maximum absolute atomic E-state index is 11.9. The fraction of sp³-hybridized carbons (Fsp3) is 0.556. The van der Waals surface area contributed by atoms with Gasteiger partial charge in [0.2, 0.25) is 5.91 Å². The Hall–Kier alpha value is -1.88. The van der Waals surface area contributed by atoms with Gasteiger partial charge in [-0.15, -0.1) is 0 Å². The van der Waals surface area contributed by atoms with Crippen molar-refractivity contribution in [3.05, 3.63) is 35.1 Å². The van der Waals surface area contributed by atoms with E-state index in [0.717, 1.165) is 55.6 Å². The van der Waals surface area contributed by atoms with E-state index in [-0.39, 0.29) is 17.5 Å². The van der Waals surface area contributed by atoms with Crippen LogP contribution in [-0.2, 0) is 9.59 Å². The Morgan fingerprint density at radius 3 is 2.70 bits per heavy atom. The van der Waals surface area contributed by atoms with E-state index in [1.54, 1.807) is 0 Å². The lowest BCUT2D eigenvalue weighted by Gasteiger charge is -2.43. The first-order valence-corrected chi connectivity index (χ1v) is 8.47. The molecule has 0 bridgehead atoms. The molecular weight excluding hydrogens is 290 g/mol. The molecule has 0 unspecified atom stereocenters. The van der Waals surface area contributed by atoms with Gasteiger partial charge in [0, 0.05) is 29.9 Å². The highest BCUT2D eigenvalue weighted by atomic mass is 16.2. The molecule has 0 aromatic rings. The number of allylic oxidation sites excluding steroid dienone is 2. The van der Waals surface area contributed by atoms with Crippen molar-refractivity contribution in [1.82, 2.24) is 15.5 Å². The summed E-state index contributed by atoms with van der Waals surface area (Å²) in [5.74, 6) is 0.0637. The lowest BCUT2D eigenvalue weighted by atomic mass is 9.95. The van der Waals surface area contributed by atoms with Gasteiger partial charge in [-0.1, -0.05) is 6.08 Å². The molecule has 0 radical (unpaired) electrons. The molecule has 3 aliphatic heterocycles. The van der Waals surface area contributed by atoms with Crippen LogP contribution in [-0.4, -0.2) is 35.5 Å². The average molecular weight is 315 g/mol. The normalized spacial score (nSPS) is 29.7. The van der Waals surface area contributed by atoms with Crippen molar-refractivity contribution in [1.29, 1.82) is 0 Å². The van der Waals surface area contributed by atoms with Gasteiger partial charge in [0.25, 0.3) is 5.91 Å². The molecule has 1 fully saturated rings. The van der Waals surface area contributed by atoms with Gasteiger partial charge in [0.1, 0.15) is 5.66 Å². The summed E-state index contributed by atoms with van der Waals surface area (Å²) in [7, 11) is 0. The number of amides is 2. The predicted molar refractivity (Wildman–Crippen MR) is 89.3 cm³/mol. The molecule has 3 heterocycles. The van der Waals surface area contributed by atoms with E-state index in [9.17, 15) is 9.59 Å². The highest BCUT2D eigenvalue weighted by Crippen LogP contribution is 2.32. The standard InChI is InChI=1S/C18H25N3O2/c1-13-11-15(19-16(13)22)7-3-5-9-21-10-6-4-8-18(21)12-14(2)17(23)20-18/h7,11-12H,3-6,8-10H2,1-2H3,(H,19,22)(H,20,23)/b15-7+/t18-/m1/s1. The van der Waals surface area contributed by atoms with Crippen LogP contribution >= 0.6 is 0 Å². The number of carbonyl (C=O) groups is 2. The van der Waals surface area contributed by atoms with Crippen molar-refractivity contribution < 1.29 is 9.59 Å². The van der Waals surface area contributed by atoms with E-state index in [1.165, 1.54) is 6.42 Å². The van der Waals surface area contributed by atoms with Crippen LogP contribution in [0, 0.1) is 0 Å². The van der Waals surface area contributed by atoms with Gasteiger partial charge in [-0.25, -0.2) is 0 Å². The molecule has 0 aromatic heterocycles. The van der Waals surface area contributed by atoms with Crippen LogP contribution in [0.15, 0.2) is 35.1 Å². The minimum absolute atomic E-state index is 0.000476. The Morgan fingerprint density at radius 2 is 2.04 bits per heavy atom. The third kappa shape index (κ3) is 3.24. The molecule has 124 valence electrons. The summed E-state index contributed by atoms with van der Waals surface area (Å²) in [4.78, 5) is 25.7. The molecule has 0 saturated carbocycles. The Morgan fingerprint density at radius 1 is 1.22 bits per heavy atom. The van der Waals surface area contributed by atoms with Gasteiger partial charge in [0.15, 0.2) is 0 Å². The number of likely N-dealkylation sites (tertiary alicyclic amines) is 1. The van der Waals surface area contributed by atoms with Gasteiger partial charge in [0.05, 0.1) is 0 Å². The number of rotatable bonds is 4. The minimum Gasteiger partial charge on any atom is -0.331 e. The molecule has 0 aliphatic carbocycles. The van der Waals surface area contributed by atoms with E-state index in [0.29, 0.717) is 0 Å². The zero-order valence-corrected chi connectivity index (χ0v) is 13.9. The quantitative estimate of drug-likeness (QED) is 0.780. The SMILES string of the molecule is CC1=C/C(=C\CCCN2CCCC[C@]23C=C(C)C(=O)N3)NC1=O. The summed E-state index contributed by atoms with van der Waals surface area (Å²) < 4.78 is 0. The summed E-state index contributed by atoms with van der Waals surface area (Å²) in [6, 6.07) is 0. The molecule has 5 nitrogen and oxygen atoms in total. The first kappa shape index (κ1) is 16.0. The zero-order chi connectivity index (χ0) is 16.4. The van der Waals surface area contributed by atoms with Crippen molar-refractivity contribution >= 4 is 11.8 Å². The number of carbonyl (C=O) groups excluding carboxylic acids is 2. The van der Waals surface area contributed by atoms with Crippen LogP contribution in [0.5, 0.6) is 0 Å². The zero-order valence-electron chi connectivity index (χ0n) is 13.9. The number of nitrogens with one attached hydrogen (secondary N) is 2. The van der Waals surface area contributed by atoms with E-state index in [4.69, 9.17) is 0 Å². The van der Waals surface area contributed by atoms with Crippen molar-refractivity contribution in [3.63, 3.8) is 0 Å². The Bertz CT molecular complexity index is 618. The average Bonchev–Trinajstić information content (AvgIpc) is 2.97. The molecule has 5 heteroatoms. The van der Waals surface area contributed by atoms with Gasteiger partial charge in [-0.3, -0.25) is 14.5 Å². The van der Waals surface area contributed by atoms with Crippen molar-refractivity contribution in [2.24, 2.45) is 0 Å². The first-order chi connectivity index (χ1) is 11.0. The van der Waals surface area contributed by atoms with Crippen molar-refractivity contribution in [2.75, 3.05) is 13.1 Å². The minimum atomic E-state index is -0.259. The molecule has 3 rings (SSSR count). The summed E-state index contributed by atoms with van der Waals surface area (Å²) in [6.45, 7) is 5.69. The fourth-order valence-corrected chi connectivity index (χ4v) is 3.64. The number of hydrogen-bond acceptors (Lipinski definition) is 3. The lowest BCUT2D eigenvalue weighted by Crippen LogP contribution is -2.58. The molecule has 23 heavy (non-hydrogen) atoms. The summed E-state index contributed by atoms with van der Waals surface area (Å²) in [5.41, 5.74) is 2.24. The van der Waals surface area contributed by atoms with Gasteiger partial charge in [-0.05, 0) is 58.1 Å². The molecule has 2 amide bonds. The van der Waals surface area contributed by atoms with Gasteiger partial charge < -0.3 is 10.6 Å². The van der Waals surface area contributed by atoms with Crippen LogP contribution in [0.1, 0.15) is 46.0 Å². The number of nitrogens with zero attached hydrogens (tertiary/aromatic N) is 1. The molecule has 0 aromatic carbocycles. The van der Waals surface area contributed by atoms with Crippen LogP contribution in [0.25, 0.3) is 0 Å². The maximum Gasteiger partial charge on any atom is 0.251 e. The third-order valence-electron chi connectivity index (χ3n) is 4.93. The maximum atomic E-state index is 11.9. The fourth-order valence-electron chi connectivity index (χ4n) is 3.64. The Balaban J connectivity index is 1.56. The van der Waals surface area contributed by atoms with E-state index in [1.807, 2.05) is 19.9 Å². The largest absolute Gasteiger partial charge is 0.331 e. The highest BCUT2D eigenvalue weighted by Gasteiger charge is 2.42. The van der Waals surface area contributed by atoms with E-state index in [2.05, 4.69) is 27.7 Å². The lowest BCUT2D eigenvalue weighted by molar-refractivity contribution is -0.120. The van der Waals surface area contributed by atoms with Crippen molar-refractivity contribution in [2.45, 2.75) is 51.6 Å². The number of unbranched alkanes of at least 4 members (excludes halogenated alkanes) is 1. The van der Waals surface area contributed by atoms with Crippen LogP contribution in [0.4, 0.5) is 0 Å². The Labute approximate surface area is 137 Å². The van der Waals surface area contributed by atoms with E-state index < -0.39 is 0 Å². The second-order valence-electron chi connectivity index (χ2n) is 6.73. The molecule has 1 saturated heterocycles. The number of piperidine rings is 1. The summed E-state index contributed by atoms with van der Waals surface area (Å²) in [6.07, 6.45) is 11.3. The monoisotopic (exact) mass is 315 g/mol. The summed E-state index contributed by atoms with van der Waals surface area (Å²) >= 11 is 0. The smallest absolute Gasteiger partial charge is 0.251 e. The van der Waals surface area contributed by atoms with Gasteiger partial charge in [-0.2, -0.15) is 0 Å². The highest BCUT2D eigenvalue weighted by molar-refractivity contribution is 5.98.